The Balaban J connectivity index is 1.64. The minimum absolute atomic E-state index is 0.0387. The summed E-state index contributed by atoms with van der Waals surface area (Å²) >= 11 is 11.0. The van der Waals surface area contributed by atoms with Crippen LogP contribution in [-0.4, -0.2) is 29.4 Å². The second kappa shape index (κ2) is 11.9. The van der Waals surface area contributed by atoms with E-state index in [4.69, 9.17) is 28.6 Å². The lowest BCUT2D eigenvalue weighted by molar-refractivity contribution is -0.125. The molecule has 0 bridgehead atoms. The van der Waals surface area contributed by atoms with Gasteiger partial charge in [-0.3, -0.25) is 30.6 Å². The summed E-state index contributed by atoms with van der Waals surface area (Å²) in [6.45, 7) is 3.50. The van der Waals surface area contributed by atoms with Crippen LogP contribution in [0.15, 0.2) is 42.5 Å². The molecule has 0 fully saturated rings. The molecule has 0 saturated heterocycles. The van der Waals surface area contributed by atoms with Crippen LogP contribution < -0.4 is 26.2 Å². The number of anilines is 1. The Bertz CT molecular complexity index is 966. The van der Waals surface area contributed by atoms with E-state index in [0.717, 1.165) is 11.1 Å². The lowest BCUT2D eigenvalue weighted by Crippen LogP contribution is -2.49. The number of ether oxygens (including phenoxy) is 1. The average molecular weight is 463 g/mol. The van der Waals surface area contributed by atoms with Crippen molar-refractivity contribution in [2.45, 2.75) is 26.7 Å². The monoisotopic (exact) mass is 462 g/mol. The highest BCUT2D eigenvalue weighted by molar-refractivity contribution is 7.80. The van der Waals surface area contributed by atoms with E-state index in [0.29, 0.717) is 16.5 Å². The molecule has 0 unspecified atom stereocenters. The molecule has 0 atom stereocenters. The van der Waals surface area contributed by atoms with Crippen LogP contribution in [0.1, 0.15) is 24.0 Å². The van der Waals surface area contributed by atoms with Crippen molar-refractivity contribution in [3.8, 4) is 5.75 Å². The number of hydrazine groups is 1. The molecule has 0 saturated carbocycles. The second-order valence-electron chi connectivity index (χ2n) is 6.61. The van der Waals surface area contributed by atoms with Crippen LogP contribution in [0.3, 0.4) is 0 Å². The summed E-state index contributed by atoms with van der Waals surface area (Å²) in [4.78, 5) is 35.7. The van der Waals surface area contributed by atoms with Crippen LogP contribution in [0.4, 0.5) is 5.69 Å². The van der Waals surface area contributed by atoms with Crippen molar-refractivity contribution < 1.29 is 19.1 Å². The summed E-state index contributed by atoms with van der Waals surface area (Å²) in [6.07, 6.45) is -0.117. The summed E-state index contributed by atoms with van der Waals surface area (Å²) in [5.74, 6) is -0.724. The number of amides is 3. The number of carbonyl (C=O) groups excluding carboxylic acids is 3. The zero-order valence-corrected chi connectivity index (χ0v) is 18.7. The average Bonchev–Trinajstić information content (AvgIpc) is 2.73. The largest absolute Gasteiger partial charge is 0.484 e. The molecular weight excluding hydrogens is 440 g/mol. The van der Waals surface area contributed by atoms with Gasteiger partial charge in [0.1, 0.15) is 5.75 Å². The van der Waals surface area contributed by atoms with E-state index in [1.165, 1.54) is 0 Å². The molecule has 0 spiro atoms. The normalized spacial score (nSPS) is 10.0. The summed E-state index contributed by atoms with van der Waals surface area (Å²) in [7, 11) is 0. The Labute approximate surface area is 190 Å². The molecule has 3 amide bonds. The third-order valence-electron chi connectivity index (χ3n) is 4.08. The van der Waals surface area contributed by atoms with Gasteiger partial charge in [-0.2, -0.15) is 0 Å². The first-order chi connectivity index (χ1) is 14.7. The molecule has 0 aliphatic rings. The minimum atomic E-state index is -0.483. The van der Waals surface area contributed by atoms with E-state index < -0.39 is 11.8 Å². The zero-order valence-electron chi connectivity index (χ0n) is 17.1. The van der Waals surface area contributed by atoms with Crippen LogP contribution in [0.2, 0.25) is 5.02 Å². The van der Waals surface area contributed by atoms with Gasteiger partial charge in [0.25, 0.3) is 5.91 Å². The van der Waals surface area contributed by atoms with Crippen molar-refractivity contribution in [2.24, 2.45) is 0 Å². The van der Waals surface area contributed by atoms with Gasteiger partial charge in [-0.05, 0) is 55.9 Å². The maximum atomic E-state index is 12.0. The molecule has 2 aromatic carbocycles. The van der Waals surface area contributed by atoms with E-state index in [1.807, 2.05) is 19.1 Å². The Morgan fingerprint density at radius 3 is 2.32 bits per heavy atom. The molecule has 10 heteroatoms. The maximum absolute atomic E-state index is 12.0. The third-order valence-corrected chi connectivity index (χ3v) is 4.69. The summed E-state index contributed by atoms with van der Waals surface area (Å²) in [5.41, 5.74) is 7.14. The standard InChI is InChI=1S/C21H23ClN4O4S/c1-13-6-8-15(9-7-13)30-12-20(29)24-21(31)26-25-19(28)11-10-18(27)23-17-5-3-4-16(22)14(17)2/h3-9H,10-12H2,1-2H3,(H,23,27)(H,25,28)(H2,24,26,29,31). The Hall–Kier alpha value is -3.17. The van der Waals surface area contributed by atoms with E-state index in [2.05, 4.69) is 21.5 Å². The fourth-order valence-electron chi connectivity index (χ4n) is 2.35. The molecule has 0 radical (unpaired) electrons. The molecule has 0 aliphatic carbocycles. The van der Waals surface area contributed by atoms with E-state index in [-0.39, 0.29) is 30.5 Å². The highest BCUT2D eigenvalue weighted by Crippen LogP contribution is 2.23. The molecule has 31 heavy (non-hydrogen) atoms. The van der Waals surface area contributed by atoms with Crippen molar-refractivity contribution >= 4 is 52.3 Å². The number of thiocarbonyl (C=S) groups is 1. The molecule has 4 N–H and O–H groups in total. The predicted octanol–water partition coefficient (Wildman–Crippen LogP) is 2.78. The lowest BCUT2D eigenvalue weighted by Gasteiger charge is -2.12. The van der Waals surface area contributed by atoms with Crippen molar-refractivity contribution in [1.82, 2.24) is 16.2 Å². The van der Waals surface area contributed by atoms with E-state index >= 15 is 0 Å². The first-order valence-electron chi connectivity index (χ1n) is 9.37. The van der Waals surface area contributed by atoms with Gasteiger partial charge in [0.15, 0.2) is 11.7 Å². The molecule has 0 aromatic heterocycles. The van der Waals surface area contributed by atoms with Crippen molar-refractivity contribution in [3.63, 3.8) is 0 Å². The summed E-state index contributed by atoms with van der Waals surface area (Å²) in [5, 5.41) is 5.53. The number of hydrogen-bond acceptors (Lipinski definition) is 5. The van der Waals surface area contributed by atoms with Gasteiger partial charge in [0.2, 0.25) is 11.8 Å². The quantitative estimate of drug-likeness (QED) is 0.372. The fraction of sp³-hybridized carbons (Fsp3) is 0.238. The van der Waals surface area contributed by atoms with E-state index in [1.54, 1.807) is 37.3 Å². The molecule has 8 nitrogen and oxygen atoms in total. The lowest BCUT2D eigenvalue weighted by atomic mass is 10.2. The number of carbonyl (C=O) groups is 3. The van der Waals surface area contributed by atoms with Crippen molar-refractivity contribution in [1.29, 1.82) is 0 Å². The first-order valence-corrected chi connectivity index (χ1v) is 10.2. The van der Waals surface area contributed by atoms with Gasteiger partial charge < -0.3 is 10.1 Å². The van der Waals surface area contributed by atoms with Crippen molar-refractivity contribution in [3.05, 3.63) is 58.6 Å². The first kappa shape index (κ1) is 24.1. The van der Waals surface area contributed by atoms with Gasteiger partial charge >= 0.3 is 0 Å². The fourth-order valence-corrected chi connectivity index (χ4v) is 2.69. The van der Waals surface area contributed by atoms with Crippen LogP contribution >= 0.6 is 23.8 Å². The molecule has 2 rings (SSSR count). The second-order valence-corrected chi connectivity index (χ2v) is 7.43. The molecule has 0 heterocycles. The molecule has 164 valence electrons. The molecule has 2 aromatic rings. The van der Waals surface area contributed by atoms with Crippen LogP contribution in [0.5, 0.6) is 5.75 Å². The number of halogens is 1. The Morgan fingerprint density at radius 1 is 0.935 bits per heavy atom. The Morgan fingerprint density at radius 2 is 1.61 bits per heavy atom. The topological polar surface area (TPSA) is 109 Å². The summed E-state index contributed by atoms with van der Waals surface area (Å²) < 4.78 is 5.34. The van der Waals surface area contributed by atoms with E-state index in [9.17, 15) is 14.4 Å². The van der Waals surface area contributed by atoms with Gasteiger partial charge in [0, 0.05) is 23.6 Å². The van der Waals surface area contributed by atoms with Gasteiger partial charge in [-0.15, -0.1) is 0 Å². The Kier molecular flexibility index (Phi) is 9.23. The number of benzene rings is 2. The zero-order chi connectivity index (χ0) is 22.8. The maximum Gasteiger partial charge on any atom is 0.264 e. The van der Waals surface area contributed by atoms with Crippen molar-refractivity contribution in [2.75, 3.05) is 11.9 Å². The SMILES string of the molecule is Cc1ccc(OCC(=O)NC(=S)NNC(=O)CCC(=O)Nc2cccc(Cl)c2C)cc1. The number of nitrogens with one attached hydrogen (secondary N) is 4. The summed E-state index contributed by atoms with van der Waals surface area (Å²) in [6, 6.07) is 12.4. The smallest absolute Gasteiger partial charge is 0.264 e. The van der Waals surface area contributed by atoms with Gasteiger partial charge in [-0.25, -0.2) is 0 Å². The highest BCUT2D eigenvalue weighted by atomic mass is 35.5. The number of hydrogen-bond donors (Lipinski definition) is 4. The molecule has 0 aliphatic heterocycles. The van der Waals surface area contributed by atoms with Crippen LogP contribution in [0, 0.1) is 13.8 Å². The molecular formula is C21H23ClN4O4S. The van der Waals surface area contributed by atoms with Crippen LogP contribution in [0.25, 0.3) is 0 Å². The third kappa shape index (κ3) is 8.61. The highest BCUT2D eigenvalue weighted by Gasteiger charge is 2.11. The predicted molar refractivity (Wildman–Crippen MR) is 123 cm³/mol. The minimum Gasteiger partial charge on any atom is -0.484 e. The number of aryl methyl sites for hydroxylation is 1. The van der Waals surface area contributed by atoms with Gasteiger partial charge in [0.05, 0.1) is 0 Å². The van der Waals surface area contributed by atoms with Crippen LogP contribution in [-0.2, 0) is 14.4 Å². The number of rotatable bonds is 7. The van der Waals surface area contributed by atoms with Gasteiger partial charge in [-0.1, -0.05) is 35.4 Å².